The van der Waals surface area contributed by atoms with Gasteiger partial charge in [-0.05, 0) is 24.1 Å². The minimum Gasteiger partial charge on any atom is -0.507 e. The van der Waals surface area contributed by atoms with Gasteiger partial charge in [0.15, 0.2) is 0 Å². The second kappa shape index (κ2) is 9.15. The maximum atomic E-state index is 13.1. The molecule has 7 nitrogen and oxygen atoms in total. The molecule has 3 aromatic rings. The molecule has 1 saturated heterocycles. The molecule has 0 aliphatic carbocycles. The summed E-state index contributed by atoms with van der Waals surface area (Å²) < 4.78 is 5.64. The van der Waals surface area contributed by atoms with Crippen LogP contribution < -0.4 is 9.64 Å². The summed E-state index contributed by atoms with van der Waals surface area (Å²) >= 11 is 1.24. The Balaban J connectivity index is 1.90. The van der Waals surface area contributed by atoms with Crippen LogP contribution >= 0.6 is 11.3 Å². The zero-order valence-corrected chi connectivity index (χ0v) is 18.2. The van der Waals surface area contributed by atoms with Gasteiger partial charge in [-0.25, -0.2) is 0 Å². The molecule has 1 unspecified atom stereocenters. The Morgan fingerprint density at radius 1 is 1.19 bits per heavy atom. The standard InChI is InChI=1S/C24H21N3O4S/c1-3-13-31-17-12-8-11-16(14-17)20-19(21(28)15-9-6-5-7-10-15)22(29)23(30)27(20)24-26-25-18(4-2)32-24/h3,5-12,14,20,28H,1,4,13H2,2H3/b21-19+. The molecule has 2 heterocycles. The lowest BCUT2D eigenvalue weighted by molar-refractivity contribution is -0.132. The number of nitrogens with zero attached hydrogens (tertiary/aromatic N) is 3. The smallest absolute Gasteiger partial charge is 0.301 e. The van der Waals surface area contributed by atoms with Gasteiger partial charge >= 0.3 is 5.91 Å². The Bertz CT molecular complexity index is 1200. The first-order valence-corrected chi connectivity index (χ1v) is 10.9. The summed E-state index contributed by atoms with van der Waals surface area (Å²) in [5.74, 6) is -1.22. The fraction of sp³-hybridized carbons (Fsp3) is 0.167. The first-order chi connectivity index (χ1) is 15.5. The third-order valence-corrected chi connectivity index (χ3v) is 6.06. The third kappa shape index (κ3) is 3.92. The molecule has 0 radical (unpaired) electrons. The lowest BCUT2D eigenvalue weighted by atomic mass is 9.95. The fourth-order valence-electron chi connectivity index (χ4n) is 3.51. The van der Waals surface area contributed by atoms with Crippen molar-refractivity contribution in [2.75, 3.05) is 11.5 Å². The van der Waals surface area contributed by atoms with E-state index in [0.29, 0.717) is 35.0 Å². The minimum atomic E-state index is -0.875. The number of Topliss-reactive ketones (excluding diaryl/α,β-unsaturated/α-hetero) is 1. The van der Waals surface area contributed by atoms with Crippen molar-refractivity contribution in [3.63, 3.8) is 0 Å². The van der Waals surface area contributed by atoms with E-state index in [2.05, 4.69) is 16.8 Å². The molecule has 4 rings (SSSR count). The van der Waals surface area contributed by atoms with Crippen LogP contribution in [0.5, 0.6) is 5.75 Å². The van der Waals surface area contributed by atoms with E-state index < -0.39 is 17.7 Å². The van der Waals surface area contributed by atoms with Gasteiger partial charge in [-0.1, -0.05) is 73.4 Å². The van der Waals surface area contributed by atoms with Gasteiger partial charge in [-0.2, -0.15) is 0 Å². The predicted octanol–water partition coefficient (Wildman–Crippen LogP) is 4.29. The lowest BCUT2D eigenvalue weighted by Crippen LogP contribution is -2.29. The Hall–Kier alpha value is -3.78. The van der Waals surface area contributed by atoms with Gasteiger partial charge in [-0.3, -0.25) is 14.5 Å². The fourth-order valence-corrected chi connectivity index (χ4v) is 4.32. The van der Waals surface area contributed by atoms with E-state index in [0.717, 1.165) is 5.01 Å². The molecule has 1 aromatic heterocycles. The Kier molecular flexibility index (Phi) is 6.13. The molecule has 1 aliphatic rings. The number of aryl methyl sites for hydroxylation is 1. The van der Waals surface area contributed by atoms with E-state index in [-0.39, 0.29) is 11.3 Å². The number of ketones is 1. The van der Waals surface area contributed by atoms with Crippen molar-refractivity contribution >= 4 is 33.9 Å². The predicted molar refractivity (Wildman–Crippen MR) is 123 cm³/mol. The highest BCUT2D eigenvalue weighted by molar-refractivity contribution is 7.15. The SMILES string of the molecule is C=CCOc1cccc(C2/C(=C(\O)c3ccccc3)C(=O)C(=O)N2c2nnc(CC)s2)c1. The number of hydrogen-bond acceptors (Lipinski definition) is 7. The summed E-state index contributed by atoms with van der Waals surface area (Å²) in [4.78, 5) is 27.5. The lowest BCUT2D eigenvalue weighted by Gasteiger charge is -2.23. The summed E-state index contributed by atoms with van der Waals surface area (Å²) in [6.45, 7) is 5.90. The first kappa shape index (κ1) is 21.5. The average Bonchev–Trinajstić information content (AvgIpc) is 3.40. The molecule has 1 N–H and O–H groups in total. The minimum absolute atomic E-state index is 0.00433. The number of aliphatic hydroxyl groups excluding tert-OH is 1. The number of ether oxygens (including phenoxy) is 1. The van der Waals surface area contributed by atoms with E-state index in [4.69, 9.17) is 4.74 Å². The second-order valence-electron chi connectivity index (χ2n) is 7.04. The van der Waals surface area contributed by atoms with E-state index in [1.54, 1.807) is 60.7 Å². The number of carbonyl (C=O) groups excluding carboxylic acids is 2. The number of hydrogen-bond donors (Lipinski definition) is 1. The molecule has 0 saturated carbocycles. The highest BCUT2D eigenvalue weighted by Gasteiger charge is 2.48. The van der Waals surface area contributed by atoms with Crippen LogP contribution in [0.15, 0.2) is 72.8 Å². The van der Waals surface area contributed by atoms with Crippen molar-refractivity contribution in [1.29, 1.82) is 0 Å². The molecule has 162 valence electrons. The van der Waals surface area contributed by atoms with Crippen LogP contribution in [0.4, 0.5) is 5.13 Å². The molecule has 8 heteroatoms. The zero-order chi connectivity index (χ0) is 22.7. The first-order valence-electron chi connectivity index (χ1n) is 10.1. The van der Waals surface area contributed by atoms with Gasteiger partial charge in [0.25, 0.3) is 5.78 Å². The second-order valence-corrected chi connectivity index (χ2v) is 8.08. The molecule has 1 fully saturated rings. The van der Waals surface area contributed by atoms with Crippen molar-refractivity contribution < 1.29 is 19.4 Å². The largest absolute Gasteiger partial charge is 0.507 e. The number of anilines is 1. The van der Waals surface area contributed by atoms with E-state index in [9.17, 15) is 14.7 Å². The molecule has 0 bridgehead atoms. The number of amides is 1. The maximum absolute atomic E-state index is 13.1. The van der Waals surface area contributed by atoms with Crippen LogP contribution in [0.25, 0.3) is 5.76 Å². The van der Waals surface area contributed by atoms with Crippen molar-refractivity contribution in [3.8, 4) is 5.75 Å². The summed E-state index contributed by atoms with van der Waals surface area (Å²) in [5.41, 5.74) is 1.05. The van der Waals surface area contributed by atoms with E-state index in [1.807, 2.05) is 6.92 Å². The monoisotopic (exact) mass is 447 g/mol. The number of aromatic nitrogens is 2. The van der Waals surface area contributed by atoms with Gasteiger partial charge < -0.3 is 9.84 Å². The van der Waals surface area contributed by atoms with Gasteiger partial charge in [0, 0.05) is 5.56 Å². The molecule has 32 heavy (non-hydrogen) atoms. The van der Waals surface area contributed by atoms with E-state index >= 15 is 0 Å². The highest BCUT2D eigenvalue weighted by atomic mass is 32.1. The topological polar surface area (TPSA) is 92.6 Å². The van der Waals surface area contributed by atoms with Gasteiger partial charge in [0.1, 0.15) is 23.1 Å². The average molecular weight is 448 g/mol. The number of carbonyl (C=O) groups is 2. The van der Waals surface area contributed by atoms with Crippen LogP contribution in [-0.2, 0) is 16.0 Å². The van der Waals surface area contributed by atoms with Crippen LogP contribution in [0.3, 0.4) is 0 Å². The summed E-state index contributed by atoms with van der Waals surface area (Å²) in [6.07, 6.45) is 2.28. The zero-order valence-electron chi connectivity index (χ0n) is 17.4. The van der Waals surface area contributed by atoms with Crippen LogP contribution in [0.2, 0.25) is 0 Å². The summed E-state index contributed by atoms with van der Waals surface area (Å²) in [6, 6.07) is 14.9. The Labute approximate surface area is 189 Å². The molecule has 1 atom stereocenters. The Morgan fingerprint density at radius 2 is 1.97 bits per heavy atom. The number of benzene rings is 2. The van der Waals surface area contributed by atoms with Crippen LogP contribution in [-0.4, -0.2) is 33.6 Å². The molecular formula is C24H21N3O4S. The van der Waals surface area contributed by atoms with Crippen LogP contribution in [0.1, 0.15) is 29.1 Å². The normalized spacial score (nSPS) is 17.5. The highest BCUT2D eigenvalue weighted by Crippen LogP contribution is 2.43. The molecule has 1 aliphatic heterocycles. The van der Waals surface area contributed by atoms with E-state index in [1.165, 1.54) is 16.2 Å². The maximum Gasteiger partial charge on any atom is 0.301 e. The van der Waals surface area contributed by atoms with Gasteiger partial charge in [-0.15, -0.1) is 10.2 Å². The molecule has 1 amide bonds. The number of aliphatic hydroxyl groups is 1. The molecular weight excluding hydrogens is 426 g/mol. The Morgan fingerprint density at radius 3 is 2.66 bits per heavy atom. The number of rotatable bonds is 7. The van der Waals surface area contributed by atoms with Gasteiger partial charge in [0.2, 0.25) is 5.13 Å². The van der Waals surface area contributed by atoms with Crippen molar-refractivity contribution in [1.82, 2.24) is 10.2 Å². The third-order valence-electron chi connectivity index (χ3n) is 5.00. The summed E-state index contributed by atoms with van der Waals surface area (Å²) in [7, 11) is 0. The van der Waals surface area contributed by atoms with Crippen molar-refractivity contribution in [2.24, 2.45) is 0 Å². The van der Waals surface area contributed by atoms with Crippen LogP contribution in [0, 0.1) is 0 Å². The van der Waals surface area contributed by atoms with Crippen molar-refractivity contribution in [3.05, 3.63) is 89.0 Å². The van der Waals surface area contributed by atoms with Gasteiger partial charge in [0.05, 0.1) is 11.6 Å². The quantitative estimate of drug-likeness (QED) is 0.251. The molecule has 2 aromatic carbocycles. The van der Waals surface area contributed by atoms with Crippen molar-refractivity contribution in [2.45, 2.75) is 19.4 Å². The molecule has 0 spiro atoms. The summed E-state index contributed by atoms with van der Waals surface area (Å²) in [5, 5.41) is 20.4.